The van der Waals surface area contributed by atoms with Crippen LogP contribution in [0.25, 0.3) is 0 Å². The summed E-state index contributed by atoms with van der Waals surface area (Å²) in [7, 11) is 0. The van der Waals surface area contributed by atoms with Gasteiger partial charge in [0.2, 0.25) is 0 Å². The molecular formula is C16H26FNO. The first-order valence-electron chi connectivity index (χ1n) is 7.29. The highest BCUT2D eigenvalue weighted by atomic mass is 19.1. The molecule has 1 unspecified atom stereocenters. The van der Waals surface area contributed by atoms with Crippen molar-refractivity contribution in [2.45, 2.75) is 33.1 Å². The van der Waals surface area contributed by atoms with Crippen LogP contribution < -0.4 is 5.32 Å². The third kappa shape index (κ3) is 7.28. The Morgan fingerprint density at radius 2 is 1.89 bits per heavy atom. The van der Waals surface area contributed by atoms with Crippen LogP contribution in [0.3, 0.4) is 0 Å². The average molecular weight is 267 g/mol. The quantitative estimate of drug-likeness (QED) is 0.656. The minimum Gasteiger partial charge on any atom is -0.381 e. The molecule has 0 aromatic heterocycles. The lowest BCUT2D eigenvalue weighted by atomic mass is 9.96. The topological polar surface area (TPSA) is 21.3 Å². The highest BCUT2D eigenvalue weighted by Gasteiger charge is 2.09. The van der Waals surface area contributed by atoms with Gasteiger partial charge in [-0.05, 0) is 56.0 Å². The van der Waals surface area contributed by atoms with Crippen molar-refractivity contribution in [3.63, 3.8) is 0 Å². The van der Waals surface area contributed by atoms with E-state index in [1.54, 1.807) is 0 Å². The molecule has 0 aliphatic carbocycles. The number of hydrogen-bond donors (Lipinski definition) is 1. The van der Waals surface area contributed by atoms with E-state index in [0.717, 1.165) is 45.6 Å². The van der Waals surface area contributed by atoms with E-state index in [4.69, 9.17) is 4.74 Å². The smallest absolute Gasteiger partial charge is 0.123 e. The number of benzene rings is 1. The van der Waals surface area contributed by atoms with Crippen LogP contribution in [0, 0.1) is 11.7 Å². The molecule has 108 valence electrons. The van der Waals surface area contributed by atoms with Crippen LogP contribution in [0.5, 0.6) is 0 Å². The summed E-state index contributed by atoms with van der Waals surface area (Å²) in [6, 6.07) is 6.82. The van der Waals surface area contributed by atoms with E-state index in [9.17, 15) is 4.39 Å². The monoisotopic (exact) mass is 267 g/mol. The lowest BCUT2D eigenvalue weighted by molar-refractivity contribution is 0.120. The second-order valence-corrected chi connectivity index (χ2v) is 4.91. The fourth-order valence-electron chi connectivity index (χ4n) is 2.07. The van der Waals surface area contributed by atoms with Crippen molar-refractivity contribution in [2.75, 3.05) is 26.3 Å². The van der Waals surface area contributed by atoms with Crippen LogP contribution in [0.2, 0.25) is 0 Å². The molecular weight excluding hydrogens is 241 g/mol. The van der Waals surface area contributed by atoms with E-state index in [1.807, 2.05) is 12.1 Å². The van der Waals surface area contributed by atoms with Gasteiger partial charge in [0, 0.05) is 13.2 Å². The van der Waals surface area contributed by atoms with Crippen molar-refractivity contribution in [1.82, 2.24) is 5.32 Å². The highest BCUT2D eigenvalue weighted by molar-refractivity contribution is 5.16. The zero-order valence-corrected chi connectivity index (χ0v) is 12.1. The molecule has 2 nitrogen and oxygen atoms in total. The summed E-state index contributed by atoms with van der Waals surface area (Å²) >= 11 is 0. The first kappa shape index (κ1) is 16.1. The van der Waals surface area contributed by atoms with Gasteiger partial charge >= 0.3 is 0 Å². The van der Waals surface area contributed by atoms with Gasteiger partial charge in [0.25, 0.3) is 0 Å². The summed E-state index contributed by atoms with van der Waals surface area (Å²) in [5.74, 6) is 0.375. The lowest BCUT2D eigenvalue weighted by Crippen LogP contribution is -2.25. The third-order valence-electron chi connectivity index (χ3n) is 3.14. The SMILES string of the molecule is CCCOCCC(CNCC)Cc1ccc(F)cc1. The second-order valence-electron chi connectivity index (χ2n) is 4.91. The van der Waals surface area contributed by atoms with Crippen molar-refractivity contribution < 1.29 is 9.13 Å². The predicted octanol–water partition coefficient (Wildman–Crippen LogP) is 3.41. The van der Waals surface area contributed by atoms with Gasteiger partial charge in [-0.3, -0.25) is 0 Å². The van der Waals surface area contributed by atoms with E-state index in [1.165, 1.54) is 17.7 Å². The molecule has 0 aliphatic rings. The number of halogens is 1. The van der Waals surface area contributed by atoms with Gasteiger partial charge in [0.05, 0.1) is 0 Å². The zero-order valence-electron chi connectivity index (χ0n) is 12.1. The Bertz CT molecular complexity index is 326. The van der Waals surface area contributed by atoms with Gasteiger partial charge in [-0.2, -0.15) is 0 Å². The van der Waals surface area contributed by atoms with Crippen molar-refractivity contribution in [2.24, 2.45) is 5.92 Å². The highest BCUT2D eigenvalue weighted by Crippen LogP contribution is 2.13. The second kappa shape index (κ2) is 9.93. The van der Waals surface area contributed by atoms with Crippen LogP contribution in [0.15, 0.2) is 24.3 Å². The van der Waals surface area contributed by atoms with Crippen molar-refractivity contribution in [3.8, 4) is 0 Å². The number of nitrogens with one attached hydrogen (secondary N) is 1. The molecule has 0 saturated carbocycles. The van der Waals surface area contributed by atoms with Crippen LogP contribution >= 0.6 is 0 Å². The minimum atomic E-state index is -0.168. The summed E-state index contributed by atoms with van der Waals surface area (Å²) in [6.07, 6.45) is 3.09. The zero-order chi connectivity index (χ0) is 13.9. The fourth-order valence-corrected chi connectivity index (χ4v) is 2.07. The van der Waals surface area contributed by atoms with Crippen LogP contribution in [-0.4, -0.2) is 26.3 Å². The lowest BCUT2D eigenvalue weighted by Gasteiger charge is -2.17. The molecule has 0 fully saturated rings. The summed E-state index contributed by atoms with van der Waals surface area (Å²) in [4.78, 5) is 0. The van der Waals surface area contributed by atoms with Crippen molar-refractivity contribution in [3.05, 3.63) is 35.6 Å². The molecule has 0 radical (unpaired) electrons. The van der Waals surface area contributed by atoms with Gasteiger partial charge in [0.1, 0.15) is 5.82 Å². The van der Waals surface area contributed by atoms with Crippen LogP contribution in [-0.2, 0) is 11.2 Å². The maximum Gasteiger partial charge on any atom is 0.123 e. The predicted molar refractivity (Wildman–Crippen MR) is 77.9 cm³/mol. The van der Waals surface area contributed by atoms with Crippen LogP contribution in [0.1, 0.15) is 32.3 Å². The average Bonchev–Trinajstić information content (AvgIpc) is 2.43. The molecule has 0 amide bonds. The Labute approximate surface area is 116 Å². The molecule has 1 atom stereocenters. The van der Waals surface area contributed by atoms with Crippen molar-refractivity contribution >= 4 is 0 Å². The molecule has 0 spiro atoms. The number of hydrogen-bond acceptors (Lipinski definition) is 2. The van der Waals surface area contributed by atoms with Gasteiger partial charge in [-0.25, -0.2) is 4.39 Å². The normalized spacial score (nSPS) is 12.6. The van der Waals surface area contributed by atoms with Crippen LogP contribution in [0.4, 0.5) is 4.39 Å². The minimum absolute atomic E-state index is 0.168. The van der Waals surface area contributed by atoms with E-state index < -0.39 is 0 Å². The first-order chi connectivity index (χ1) is 9.26. The standard InChI is InChI=1S/C16H26FNO/c1-3-10-19-11-9-15(13-18-4-2)12-14-5-7-16(17)8-6-14/h5-8,15,18H,3-4,9-13H2,1-2H3. The Morgan fingerprint density at radius 1 is 1.16 bits per heavy atom. The maximum atomic E-state index is 12.9. The molecule has 19 heavy (non-hydrogen) atoms. The summed E-state index contributed by atoms with van der Waals surface area (Å²) in [5.41, 5.74) is 1.19. The van der Waals surface area contributed by atoms with Gasteiger partial charge in [-0.1, -0.05) is 26.0 Å². The molecule has 1 aromatic carbocycles. The first-order valence-corrected chi connectivity index (χ1v) is 7.29. The Kier molecular flexibility index (Phi) is 8.43. The molecule has 3 heteroatoms. The van der Waals surface area contributed by atoms with E-state index >= 15 is 0 Å². The van der Waals surface area contributed by atoms with Gasteiger partial charge in [0.15, 0.2) is 0 Å². The molecule has 1 aromatic rings. The van der Waals surface area contributed by atoms with Gasteiger partial charge in [-0.15, -0.1) is 0 Å². The molecule has 0 aliphatic heterocycles. The Hall–Kier alpha value is -0.930. The summed E-state index contributed by atoms with van der Waals surface area (Å²) in [6.45, 7) is 7.85. The maximum absolute atomic E-state index is 12.9. The summed E-state index contributed by atoms with van der Waals surface area (Å²) in [5, 5.41) is 3.39. The number of rotatable bonds is 10. The molecule has 0 saturated heterocycles. The van der Waals surface area contributed by atoms with Gasteiger partial charge < -0.3 is 10.1 Å². The Balaban J connectivity index is 2.41. The summed E-state index contributed by atoms with van der Waals surface area (Å²) < 4.78 is 18.4. The molecule has 0 heterocycles. The third-order valence-corrected chi connectivity index (χ3v) is 3.14. The fraction of sp³-hybridized carbons (Fsp3) is 0.625. The molecule has 0 bridgehead atoms. The molecule has 1 rings (SSSR count). The number of ether oxygens (including phenoxy) is 1. The molecule has 1 N–H and O–H groups in total. The van der Waals surface area contributed by atoms with E-state index in [0.29, 0.717) is 5.92 Å². The Morgan fingerprint density at radius 3 is 2.53 bits per heavy atom. The van der Waals surface area contributed by atoms with E-state index in [2.05, 4.69) is 19.2 Å². The largest absolute Gasteiger partial charge is 0.381 e. The van der Waals surface area contributed by atoms with Crippen molar-refractivity contribution in [1.29, 1.82) is 0 Å². The van der Waals surface area contributed by atoms with E-state index in [-0.39, 0.29) is 5.82 Å².